The van der Waals surface area contributed by atoms with Crippen molar-refractivity contribution in [1.29, 1.82) is 0 Å². The van der Waals surface area contributed by atoms with E-state index in [1.165, 1.54) is 35.7 Å². The van der Waals surface area contributed by atoms with Gasteiger partial charge in [-0.1, -0.05) is 42.5 Å². The maximum Gasteiger partial charge on any atom is 0.271 e. The molecular weight excluding hydrogens is 460 g/mol. The van der Waals surface area contributed by atoms with Gasteiger partial charge in [0.15, 0.2) is 0 Å². The van der Waals surface area contributed by atoms with Gasteiger partial charge in [0.1, 0.15) is 5.75 Å². The summed E-state index contributed by atoms with van der Waals surface area (Å²) in [6.45, 7) is 0.359. The van der Waals surface area contributed by atoms with Crippen molar-refractivity contribution in [2.24, 2.45) is 5.73 Å². The molecule has 7 heteroatoms. The number of aromatic nitrogens is 1. The molecule has 0 fully saturated rings. The minimum atomic E-state index is -3.94. The van der Waals surface area contributed by atoms with Crippen molar-refractivity contribution in [2.45, 2.75) is 11.3 Å². The van der Waals surface area contributed by atoms with E-state index < -0.39 is 10.0 Å². The fourth-order valence-electron chi connectivity index (χ4n) is 4.53. The van der Waals surface area contributed by atoms with E-state index in [0.29, 0.717) is 24.2 Å². The zero-order valence-electron chi connectivity index (χ0n) is 19.6. The molecule has 1 aromatic heterocycles. The quantitative estimate of drug-likeness (QED) is 0.341. The molecule has 5 aromatic rings. The van der Waals surface area contributed by atoms with Gasteiger partial charge in [-0.25, -0.2) is 12.4 Å². The monoisotopic (exact) mass is 486 g/mol. The molecular formula is C28H26N2O4S. The smallest absolute Gasteiger partial charge is 0.271 e. The van der Waals surface area contributed by atoms with Gasteiger partial charge in [-0.05, 0) is 77.3 Å². The number of rotatable bonds is 7. The summed E-state index contributed by atoms with van der Waals surface area (Å²) >= 11 is 0. The third kappa shape index (κ3) is 3.92. The highest BCUT2D eigenvalue weighted by Crippen LogP contribution is 2.38. The second-order valence-electron chi connectivity index (χ2n) is 8.27. The number of fused-ring (bicyclic) bond motifs is 2. The van der Waals surface area contributed by atoms with E-state index in [0.717, 1.165) is 27.5 Å². The third-order valence-electron chi connectivity index (χ3n) is 6.25. The second-order valence-corrected chi connectivity index (χ2v) is 10.1. The summed E-state index contributed by atoms with van der Waals surface area (Å²) in [6.07, 6.45) is 0.478. The largest absolute Gasteiger partial charge is 0.497 e. The van der Waals surface area contributed by atoms with Crippen molar-refractivity contribution in [2.75, 3.05) is 20.8 Å². The molecule has 0 aliphatic heterocycles. The summed E-state index contributed by atoms with van der Waals surface area (Å²) in [5.41, 5.74) is 9.27. The normalized spacial score (nSPS) is 11.7. The van der Waals surface area contributed by atoms with Gasteiger partial charge in [-0.2, -0.15) is 0 Å². The van der Waals surface area contributed by atoms with Crippen LogP contribution < -0.4 is 15.2 Å². The molecule has 0 bridgehead atoms. The summed E-state index contributed by atoms with van der Waals surface area (Å²) in [7, 11) is -0.917. The van der Waals surface area contributed by atoms with Gasteiger partial charge in [0.2, 0.25) is 5.88 Å². The first-order chi connectivity index (χ1) is 17.0. The van der Waals surface area contributed by atoms with Crippen LogP contribution in [0.2, 0.25) is 0 Å². The van der Waals surface area contributed by atoms with Gasteiger partial charge in [0.05, 0.1) is 24.6 Å². The van der Waals surface area contributed by atoms with Crippen LogP contribution >= 0.6 is 0 Å². The topological polar surface area (TPSA) is 83.5 Å². The van der Waals surface area contributed by atoms with Gasteiger partial charge < -0.3 is 15.2 Å². The Morgan fingerprint density at radius 3 is 2.17 bits per heavy atom. The van der Waals surface area contributed by atoms with Crippen LogP contribution in [-0.4, -0.2) is 33.2 Å². The average molecular weight is 487 g/mol. The molecule has 0 saturated carbocycles. The van der Waals surface area contributed by atoms with Crippen LogP contribution in [0.3, 0.4) is 0 Å². The van der Waals surface area contributed by atoms with Crippen molar-refractivity contribution in [3.05, 3.63) is 90.5 Å². The lowest BCUT2D eigenvalue weighted by atomic mass is 9.99. The Balaban J connectivity index is 1.72. The fraction of sp³-hybridized carbons (Fsp3) is 0.143. The molecule has 2 N–H and O–H groups in total. The number of nitrogens with zero attached hydrogens (tertiary/aromatic N) is 1. The molecule has 0 aliphatic rings. The van der Waals surface area contributed by atoms with Crippen molar-refractivity contribution in [3.8, 4) is 22.8 Å². The van der Waals surface area contributed by atoms with E-state index in [2.05, 4.69) is 30.3 Å². The molecule has 0 atom stereocenters. The molecule has 0 spiro atoms. The van der Waals surface area contributed by atoms with Crippen LogP contribution in [0.1, 0.15) is 5.56 Å². The molecule has 0 unspecified atom stereocenters. The first-order valence-electron chi connectivity index (χ1n) is 11.3. The van der Waals surface area contributed by atoms with Crippen LogP contribution in [0, 0.1) is 0 Å². The van der Waals surface area contributed by atoms with E-state index in [1.54, 1.807) is 12.1 Å². The van der Waals surface area contributed by atoms with Crippen molar-refractivity contribution in [3.63, 3.8) is 0 Å². The minimum absolute atomic E-state index is 0.145. The Morgan fingerprint density at radius 2 is 1.49 bits per heavy atom. The highest BCUT2D eigenvalue weighted by molar-refractivity contribution is 7.90. The zero-order chi connectivity index (χ0) is 24.6. The lowest BCUT2D eigenvalue weighted by molar-refractivity contribution is 0.389. The van der Waals surface area contributed by atoms with Crippen LogP contribution in [0.4, 0.5) is 0 Å². The SMILES string of the molecule is COc1ccc(S(=O)(=O)n2c(OC)c(CCN)c3cc(-c4ccc5ccccc5c4)ccc32)cc1. The fourth-order valence-corrected chi connectivity index (χ4v) is 6.05. The van der Waals surface area contributed by atoms with E-state index in [9.17, 15) is 8.42 Å². The number of ether oxygens (including phenoxy) is 2. The van der Waals surface area contributed by atoms with Crippen LogP contribution in [0.25, 0.3) is 32.8 Å². The molecule has 5 rings (SSSR count). The Bertz CT molecular complexity index is 1640. The lowest BCUT2D eigenvalue weighted by Crippen LogP contribution is -2.14. The molecule has 0 radical (unpaired) electrons. The maximum atomic E-state index is 13.8. The Morgan fingerprint density at radius 1 is 0.800 bits per heavy atom. The van der Waals surface area contributed by atoms with Gasteiger partial charge in [-0.3, -0.25) is 0 Å². The van der Waals surface area contributed by atoms with Gasteiger partial charge in [0, 0.05) is 10.9 Å². The summed E-state index contributed by atoms with van der Waals surface area (Å²) in [4.78, 5) is 0.145. The highest BCUT2D eigenvalue weighted by Gasteiger charge is 2.28. The molecule has 0 saturated heterocycles. The van der Waals surface area contributed by atoms with E-state index in [4.69, 9.17) is 15.2 Å². The molecule has 0 amide bonds. The van der Waals surface area contributed by atoms with E-state index in [-0.39, 0.29) is 10.8 Å². The maximum absolute atomic E-state index is 13.8. The first kappa shape index (κ1) is 23.0. The molecule has 1 heterocycles. The number of methoxy groups -OCH3 is 2. The average Bonchev–Trinajstić information content (AvgIpc) is 3.22. The highest BCUT2D eigenvalue weighted by atomic mass is 32.2. The summed E-state index contributed by atoms with van der Waals surface area (Å²) in [5, 5.41) is 3.11. The summed E-state index contributed by atoms with van der Waals surface area (Å²) in [5.74, 6) is 0.856. The lowest BCUT2D eigenvalue weighted by Gasteiger charge is -2.12. The summed E-state index contributed by atoms with van der Waals surface area (Å²) < 4.78 is 39.6. The van der Waals surface area contributed by atoms with Crippen molar-refractivity contribution < 1.29 is 17.9 Å². The van der Waals surface area contributed by atoms with Crippen LogP contribution in [0.15, 0.2) is 89.8 Å². The number of nitrogens with two attached hydrogens (primary N) is 1. The van der Waals surface area contributed by atoms with Crippen molar-refractivity contribution in [1.82, 2.24) is 3.97 Å². The predicted octanol–water partition coefficient (Wildman–Crippen LogP) is 5.22. The van der Waals surface area contributed by atoms with E-state index >= 15 is 0 Å². The summed E-state index contributed by atoms with van der Waals surface area (Å²) in [6, 6.07) is 26.6. The Kier molecular flexibility index (Phi) is 5.96. The first-order valence-corrected chi connectivity index (χ1v) is 12.7. The van der Waals surface area contributed by atoms with Crippen LogP contribution in [0.5, 0.6) is 11.6 Å². The molecule has 35 heavy (non-hydrogen) atoms. The molecule has 4 aromatic carbocycles. The minimum Gasteiger partial charge on any atom is -0.497 e. The number of benzene rings is 4. The van der Waals surface area contributed by atoms with E-state index in [1.807, 2.05) is 30.3 Å². The molecule has 0 aliphatic carbocycles. The molecule has 6 nitrogen and oxygen atoms in total. The number of hydrogen-bond acceptors (Lipinski definition) is 5. The zero-order valence-corrected chi connectivity index (χ0v) is 20.4. The third-order valence-corrected chi connectivity index (χ3v) is 7.96. The predicted molar refractivity (Wildman–Crippen MR) is 140 cm³/mol. The Hall–Kier alpha value is -3.81. The van der Waals surface area contributed by atoms with Crippen LogP contribution in [-0.2, 0) is 16.4 Å². The standard InChI is InChI=1S/C28H26N2O4S/c1-33-23-10-12-24(13-11-23)35(31,32)30-27-14-9-22(18-26(27)25(15-16-29)28(30)34-2)21-8-7-19-5-3-4-6-20(19)17-21/h3-14,17-18H,15-16,29H2,1-2H3. The Labute approximate surface area is 204 Å². The second kappa shape index (κ2) is 9.09. The van der Waals surface area contributed by atoms with Gasteiger partial charge >= 0.3 is 0 Å². The number of hydrogen-bond donors (Lipinski definition) is 1. The molecule has 178 valence electrons. The van der Waals surface area contributed by atoms with Crippen molar-refractivity contribution >= 4 is 31.7 Å². The van der Waals surface area contributed by atoms with Gasteiger partial charge in [0.25, 0.3) is 10.0 Å². The van der Waals surface area contributed by atoms with Gasteiger partial charge in [-0.15, -0.1) is 0 Å².